The number of anilines is 1. The van der Waals surface area contributed by atoms with E-state index in [1.807, 2.05) is 31.2 Å². The quantitative estimate of drug-likeness (QED) is 0.214. The molecule has 0 atom stereocenters. The maximum atomic E-state index is 11.6. The maximum absolute atomic E-state index is 11.6. The summed E-state index contributed by atoms with van der Waals surface area (Å²) in [5.41, 5.74) is 3.67. The number of nitrogens with zero attached hydrogens (tertiary/aromatic N) is 1. The summed E-state index contributed by atoms with van der Waals surface area (Å²) < 4.78 is 22.8. The lowest BCUT2D eigenvalue weighted by atomic mass is 10.1. The highest BCUT2D eigenvalue weighted by atomic mass is 16.6. The standard InChI is InChI=1S/C30H26N2O6/c1-21-12-25(18-34)29(38-19-23-5-2-4-22(13-23)16-31)15-28(21)37-20-24(17-33)6-3-9-32-26-7-8-27-30(14-26)36-11-10-35-27/h2-9,12-15,17-18,32H,10-11,19-20H2,1H3/b9-3-,24-6+. The van der Waals surface area contributed by atoms with Crippen LogP contribution in [0, 0.1) is 18.3 Å². The molecule has 0 amide bonds. The molecule has 0 saturated heterocycles. The third-order valence-electron chi connectivity index (χ3n) is 5.63. The van der Waals surface area contributed by atoms with Crippen LogP contribution in [0.3, 0.4) is 0 Å². The Labute approximate surface area is 220 Å². The van der Waals surface area contributed by atoms with E-state index < -0.39 is 0 Å². The van der Waals surface area contributed by atoms with Crippen molar-refractivity contribution in [2.45, 2.75) is 13.5 Å². The van der Waals surface area contributed by atoms with Crippen LogP contribution in [0.15, 0.2) is 78.5 Å². The van der Waals surface area contributed by atoms with Gasteiger partial charge in [0.25, 0.3) is 0 Å². The fraction of sp³-hybridized carbons (Fsp3) is 0.167. The molecule has 0 radical (unpaired) electrons. The lowest BCUT2D eigenvalue weighted by Crippen LogP contribution is -2.15. The van der Waals surface area contributed by atoms with Crippen LogP contribution < -0.4 is 24.3 Å². The average Bonchev–Trinajstić information content (AvgIpc) is 2.96. The molecule has 1 aliphatic rings. The summed E-state index contributed by atoms with van der Waals surface area (Å²) in [5, 5.41) is 12.2. The van der Waals surface area contributed by atoms with E-state index in [9.17, 15) is 9.59 Å². The number of fused-ring (bicyclic) bond motifs is 1. The molecule has 0 aromatic heterocycles. The molecule has 1 N–H and O–H groups in total. The summed E-state index contributed by atoms with van der Waals surface area (Å²) in [5.74, 6) is 2.23. The fourth-order valence-electron chi connectivity index (χ4n) is 3.69. The van der Waals surface area contributed by atoms with Crippen molar-refractivity contribution in [1.29, 1.82) is 5.26 Å². The zero-order valence-electron chi connectivity index (χ0n) is 20.8. The van der Waals surface area contributed by atoms with Crippen LogP contribution in [0.25, 0.3) is 0 Å². The third kappa shape index (κ3) is 6.80. The van der Waals surface area contributed by atoms with Gasteiger partial charge >= 0.3 is 0 Å². The van der Waals surface area contributed by atoms with Gasteiger partial charge in [-0.05, 0) is 54.5 Å². The van der Waals surface area contributed by atoms with Crippen LogP contribution in [0.1, 0.15) is 27.0 Å². The van der Waals surface area contributed by atoms with E-state index in [0.29, 0.717) is 59.2 Å². The van der Waals surface area contributed by atoms with E-state index in [0.717, 1.165) is 23.1 Å². The summed E-state index contributed by atoms with van der Waals surface area (Å²) in [7, 11) is 0. The number of carbonyl (C=O) groups is 2. The summed E-state index contributed by atoms with van der Waals surface area (Å²) in [6.45, 7) is 3.07. The van der Waals surface area contributed by atoms with Crippen molar-refractivity contribution >= 4 is 18.3 Å². The minimum atomic E-state index is 0.0306. The fourth-order valence-corrected chi connectivity index (χ4v) is 3.69. The van der Waals surface area contributed by atoms with Crippen molar-refractivity contribution in [3.8, 4) is 29.1 Å². The Morgan fingerprint density at radius 2 is 1.87 bits per heavy atom. The third-order valence-corrected chi connectivity index (χ3v) is 5.63. The topological polar surface area (TPSA) is 107 Å². The molecule has 0 aliphatic carbocycles. The molecule has 8 heteroatoms. The van der Waals surface area contributed by atoms with Crippen molar-refractivity contribution in [3.63, 3.8) is 0 Å². The number of nitriles is 1. The van der Waals surface area contributed by atoms with Gasteiger partial charge in [-0.2, -0.15) is 5.26 Å². The molecule has 192 valence electrons. The van der Waals surface area contributed by atoms with Crippen LogP contribution in [-0.2, 0) is 11.4 Å². The second kappa shape index (κ2) is 12.8. The van der Waals surface area contributed by atoms with Gasteiger partial charge < -0.3 is 24.3 Å². The molecule has 8 nitrogen and oxygen atoms in total. The first-order chi connectivity index (χ1) is 18.6. The molecular formula is C30H26N2O6. The van der Waals surface area contributed by atoms with Crippen molar-refractivity contribution in [2.75, 3.05) is 25.1 Å². The first kappa shape index (κ1) is 26.0. The Kier molecular flexibility index (Phi) is 8.76. The highest BCUT2D eigenvalue weighted by Crippen LogP contribution is 2.32. The van der Waals surface area contributed by atoms with Crippen LogP contribution in [0.4, 0.5) is 5.69 Å². The zero-order chi connectivity index (χ0) is 26.7. The minimum absolute atomic E-state index is 0.0306. The van der Waals surface area contributed by atoms with Crippen molar-refractivity contribution in [1.82, 2.24) is 0 Å². The number of aldehydes is 2. The highest BCUT2D eigenvalue weighted by molar-refractivity contribution is 5.80. The molecular weight excluding hydrogens is 484 g/mol. The summed E-state index contributed by atoms with van der Waals surface area (Å²) in [6.07, 6.45) is 6.49. The number of hydrogen-bond acceptors (Lipinski definition) is 8. The largest absolute Gasteiger partial charge is 0.488 e. The van der Waals surface area contributed by atoms with Gasteiger partial charge in [-0.1, -0.05) is 18.2 Å². The molecule has 0 spiro atoms. The summed E-state index contributed by atoms with van der Waals surface area (Å²) in [4.78, 5) is 23.2. The highest BCUT2D eigenvalue weighted by Gasteiger charge is 2.12. The predicted octanol–water partition coefficient (Wildman–Crippen LogP) is 5.16. The minimum Gasteiger partial charge on any atom is -0.488 e. The number of aryl methyl sites for hydroxylation is 1. The van der Waals surface area contributed by atoms with Crippen LogP contribution in [-0.4, -0.2) is 32.4 Å². The summed E-state index contributed by atoms with van der Waals surface area (Å²) in [6, 6.07) is 18.0. The SMILES string of the molecule is Cc1cc(C=O)c(OCc2cccc(C#N)c2)cc1OC/C(C=O)=C/C=C\Nc1ccc2c(c1)OCCO2. The Bertz CT molecular complexity index is 1420. The van der Waals surface area contributed by atoms with Gasteiger partial charge in [0.15, 0.2) is 17.8 Å². The van der Waals surface area contributed by atoms with Gasteiger partial charge in [-0.15, -0.1) is 0 Å². The van der Waals surface area contributed by atoms with Crippen LogP contribution in [0.2, 0.25) is 0 Å². The predicted molar refractivity (Wildman–Crippen MR) is 142 cm³/mol. The number of ether oxygens (including phenoxy) is 4. The second-order valence-corrected chi connectivity index (χ2v) is 8.38. The van der Waals surface area contributed by atoms with E-state index in [-0.39, 0.29) is 13.2 Å². The Hall–Kier alpha value is -5.03. The molecule has 4 rings (SSSR count). The molecule has 0 unspecified atom stereocenters. The van der Waals surface area contributed by atoms with Gasteiger partial charge in [0, 0.05) is 29.6 Å². The Morgan fingerprint density at radius 1 is 1.03 bits per heavy atom. The number of rotatable bonds is 11. The van der Waals surface area contributed by atoms with Crippen molar-refractivity contribution in [3.05, 3.63) is 101 Å². The molecule has 38 heavy (non-hydrogen) atoms. The lowest BCUT2D eigenvalue weighted by Gasteiger charge is -2.18. The first-order valence-corrected chi connectivity index (χ1v) is 11.9. The van der Waals surface area contributed by atoms with Crippen LogP contribution >= 0.6 is 0 Å². The second-order valence-electron chi connectivity index (χ2n) is 8.38. The van der Waals surface area contributed by atoms with E-state index in [1.165, 1.54) is 0 Å². The lowest BCUT2D eigenvalue weighted by molar-refractivity contribution is -0.105. The molecule has 1 aliphatic heterocycles. The Balaban J connectivity index is 1.38. The molecule has 0 saturated carbocycles. The van der Waals surface area contributed by atoms with Gasteiger partial charge in [0.05, 0.1) is 17.2 Å². The van der Waals surface area contributed by atoms with E-state index in [1.54, 1.807) is 48.7 Å². The van der Waals surface area contributed by atoms with Gasteiger partial charge in [-0.3, -0.25) is 9.59 Å². The van der Waals surface area contributed by atoms with Gasteiger partial charge in [0.1, 0.15) is 44.2 Å². The smallest absolute Gasteiger partial charge is 0.163 e. The van der Waals surface area contributed by atoms with Crippen LogP contribution in [0.5, 0.6) is 23.0 Å². The number of allylic oxidation sites excluding steroid dienone is 2. The molecule has 0 bridgehead atoms. The number of carbonyl (C=O) groups excluding carboxylic acids is 2. The van der Waals surface area contributed by atoms with E-state index >= 15 is 0 Å². The maximum Gasteiger partial charge on any atom is 0.163 e. The number of benzene rings is 3. The van der Waals surface area contributed by atoms with Gasteiger partial charge in [0.2, 0.25) is 0 Å². The van der Waals surface area contributed by atoms with E-state index in [4.69, 9.17) is 24.2 Å². The van der Waals surface area contributed by atoms with E-state index in [2.05, 4.69) is 11.4 Å². The number of hydrogen-bond donors (Lipinski definition) is 1. The molecule has 3 aromatic rings. The number of nitrogens with one attached hydrogen (secondary N) is 1. The Morgan fingerprint density at radius 3 is 2.66 bits per heavy atom. The van der Waals surface area contributed by atoms with Crippen molar-refractivity contribution < 1.29 is 28.5 Å². The monoisotopic (exact) mass is 510 g/mol. The molecule has 1 heterocycles. The summed E-state index contributed by atoms with van der Waals surface area (Å²) >= 11 is 0. The zero-order valence-corrected chi connectivity index (χ0v) is 20.8. The van der Waals surface area contributed by atoms with Gasteiger partial charge in [-0.25, -0.2) is 0 Å². The average molecular weight is 511 g/mol. The van der Waals surface area contributed by atoms with Crippen molar-refractivity contribution in [2.24, 2.45) is 0 Å². The molecule has 3 aromatic carbocycles. The molecule has 0 fully saturated rings. The first-order valence-electron chi connectivity index (χ1n) is 11.9. The normalized spacial score (nSPS) is 12.5.